The van der Waals surface area contributed by atoms with Crippen molar-refractivity contribution < 1.29 is 4.21 Å². The second-order valence-electron chi connectivity index (χ2n) is 3.40. The van der Waals surface area contributed by atoms with Gasteiger partial charge in [-0.1, -0.05) is 0 Å². The van der Waals surface area contributed by atoms with Crippen LogP contribution in [0.15, 0.2) is 6.20 Å². The highest BCUT2D eigenvalue weighted by Gasteiger charge is 2.08. The average molecular weight is 339 g/mol. The second kappa shape index (κ2) is 5.74. The van der Waals surface area contributed by atoms with Crippen LogP contribution in [0.2, 0.25) is 0 Å². The number of halogens is 1. The molecule has 0 saturated carbocycles. The van der Waals surface area contributed by atoms with E-state index in [1.807, 2.05) is 13.8 Å². The Balaban J connectivity index is 2.71. The third kappa shape index (κ3) is 4.42. The van der Waals surface area contributed by atoms with E-state index in [9.17, 15) is 4.21 Å². The van der Waals surface area contributed by atoms with E-state index in [1.165, 1.54) is 0 Å². The summed E-state index contributed by atoms with van der Waals surface area (Å²) in [6.45, 7) is 3.85. The van der Waals surface area contributed by atoms with Gasteiger partial charge in [0.1, 0.15) is 11.6 Å². The van der Waals surface area contributed by atoms with Gasteiger partial charge < -0.3 is 5.32 Å². The molecular formula is C9H14IN3OS. The van der Waals surface area contributed by atoms with Crippen LogP contribution in [0.25, 0.3) is 0 Å². The van der Waals surface area contributed by atoms with Crippen LogP contribution in [0, 0.1) is 10.5 Å². The maximum atomic E-state index is 11.0. The van der Waals surface area contributed by atoms with Crippen molar-refractivity contribution in [3.05, 3.63) is 15.6 Å². The summed E-state index contributed by atoms with van der Waals surface area (Å²) in [6, 6.07) is 0.152. The molecule has 0 aliphatic heterocycles. The fraction of sp³-hybridized carbons (Fsp3) is 0.556. The third-order valence-electron chi connectivity index (χ3n) is 1.73. The first-order chi connectivity index (χ1) is 6.99. The standard InChI is InChI=1S/C9H14IN3OS/c1-6(5-15(3)14)12-9-8(10)4-11-7(2)13-9/h4,6H,5H2,1-3H3,(H,11,12,13). The van der Waals surface area contributed by atoms with Crippen LogP contribution in [0.4, 0.5) is 5.82 Å². The lowest BCUT2D eigenvalue weighted by molar-refractivity contribution is 0.682. The van der Waals surface area contributed by atoms with Crippen LogP contribution in [0.3, 0.4) is 0 Å². The Bertz CT molecular complexity index is 372. The van der Waals surface area contributed by atoms with Crippen LogP contribution in [0.1, 0.15) is 12.7 Å². The van der Waals surface area contributed by atoms with Gasteiger partial charge in [-0.3, -0.25) is 4.21 Å². The predicted octanol–water partition coefficient (Wildman–Crippen LogP) is 1.57. The first-order valence-electron chi connectivity index (χ1n) is 4.54. The summed E-state index contributed by atoms with van der Waals surface area (Å²) >= 11 is 2.18. The Morgan fingerprint density at radius 2 is 2.33 bits per heavy atom. The SMILES string of the molecule is Cc1ncc(I)c(NC(C)CS(C)=O)n1. The molecule has 0 radical (unpaired) electrons. The summed E-state index contributed by atoms with van der Waals surface area (Å²) in [6.07, 6.45) is 3.48. The Labute approximate surface area is 106 Å². The molecule has 6 heteroatoms. The minimum atomic E-state index is -0.790. The summed E-state index contributed by atoms with van der Waals surface area (Å²) in [7, 11) is -0.790. The molecule has 1 rings (SSSR count). The van der Waals surface area contributed by atoms with Crippen molar-refractivity contribution in [1.29, 1.82) is 0 Å². The highest BCUT2D eigenvalue weighted by atomic mass is 127. The molecule has 0 aromatic carbocycles. The lowest BCUT2D eigenvalue weighted by Gasteiger charge is -2.14. The highest BCUT2D eigenvalue weighted by Crippen LogP contribution is 2.14. The topological polar surface area (TPSA) is 54.9 Å². The van der Waals surface area contributed by atoms with E-state index in [-0.39, 0.29) is 6.04 Å². The molecule has 84 valence electrons. The van der Waals surface area contributed by atoms with Crippen molar-refractivity contribution >= 4 is 39.2 Å². The number of hydrogen-bond donors (Lipinski definition) is 1. The van der Waals surface area contributed by atoms with Crippen LogP contribution in [0.5, 0.6) is 0 Å². The first kappa shape index (κ1) is 12.8. The number of aromatic nitrogens is 2. The summed E-state index contributed by atoms with van der Waals surface area (Å²) in [4.78, 5) is 8.38. The number of anilines is 1. The number of hydrogen-bond acceptors (Lipinski definition) is 4. The fourth-order valence-electron chi connectivity index (χ4n) is 1.18. The molecule has 2 atom stereocenters. The maximum absolute atomic E-state index is 11.0. The minimum Gasteiger partial charge on any atom is -0.366 e. The molecule has 1 aromatic rings. The molecule has 4 nitrogen and oxygen atoms in total. The van der Waals surface area contributed by atoms with Crippen molar-refractivity contribution in [2.24, 2.45) is 0 Å². The molecule has 0 amide bonds. The van der Waals surface area contributed by atoms with Crippen molar-refractivity contribution in [1.82, 2.24) is 9.97 Å². The van der Waals surface area contributed by atoms with Crippen LogP contribution >= 0.6 is 22.6 Å². The van der Waals surface area contributed by atoms with E-state index in [4.69, 9.17) is 0 Å². The zero-order chi connectivity index (χ0) is 11.4. The van der Waals surface area contributed by atoms with Crippen LogP contribution in [-0.4, -0.2) is 32.2 Å². The first-order valence-corrected chi connectivity index (χ1v) is 7.35. The van der Waals surface area contributed by atoms with Crippen molar-refractivity contribution in [2.45, 2.75) is 19.9 Å². The molecule has 0 saturated heterocycles. The molecule has 1 N–H and O–H groups in total. The van der Waals surface area contributed by atoms with E-state index < -0.39 is 10.8 Å². The van der Waals surface area contributed by atoms with Gasteiger partial charge in [-0.25, -0.2) is 9.97 Å². The number of aryl methyl sites for hydroxylation is 1. The Kier molecular flexibility index (Phi) is 4.91. The van der Waals surface area contributed by atoms with Gasteiger partial charge in [0.15, 0.2) is 0 Å². The van der Waals surface area contributed by atoms with E-state index in [1.54, 1.807) is 12.5 Å². The average Bonchev–Trinajstić information content (AvgIpc) is 2.10. The molecule has 0 aliphatic carbocycles. The quantitative estimate of drug-likeness (QED) is 0.846. The Hall–Kier alpha value is -0.240. The molecule has 15 heavy (non-hydrogen) atoms. The molecule has 0 spiro atoms. The highest BCUT2D eigenvalue weighted by molar-refractivity contribution is 14.1. The summed E-state index contributed by atoms with van der Waals surface area (Å²) in [5.74, 6) is 2.18. The van der Waals surface area contributed by atoms with Crippen LogP contribution in [-0.2, 0) is 10.8 Å². The largest absolute Gasteiger partial charge is 0.366 e. The van der Waals surface area contributed by atoms with E-state index >= 15 is 0 Å². The lowest BCUT2D eigenvalue weighted by atomic mass is 10.4. The Morgan fingerprint density at radius 3 is 2.93 bits per heavy atom. The van der Waals surface area contributed by atoms with E-state index in [0.29, 0.717) is 5.75 Å². The molecule has 1 aromatic heterocycles. The monoisotopic (exact) mass is 339 g/mol. The van der Waals surface area contributed by atoms with Crippen molar-refractivity contribution in [2.75, 3.05) is 17.3 Å². The van der Waals surface area contributed by atoms with E-state index in [2.05, 4.69) is 37.9 Å². The Morgan fingerprint density at radius 1 is 1.67 bits per heavy atom. The van der Waals surface area contributed by atoms with Crippen LogP contribution < -0.4 is 5.32 Å². The zero-order valence-electron chi connectivity index (χ0n) is 8.95. The summed E-state index contributed by atoms with van der Waals surface area (Å²) in [5, 5.41) is 3.23. The van der Waals surface area contributed by atoms with Gasteiger partial charge in [-0.2, -0.15) is 0 Å². The number of nitrogens with one attached hydrogen (secondary N) is 1. The second-order valence-corrected chi connectivity index (χ2v) is 6.04. The predicted molar refractivity (Wildman–Crippen MR) is 71.5 cm³/mol. The smallest absolute Gasteiger partial charge is 0.143 e. The van der Waals surface area contributed by atoms with E-state index in [0.717, 1.165) is 15.2 Å². The molecule has 0 bridgehead atoms. The molecule has 1 heterocycles. The maximum Gasteiger partial charge on any atom is 0.143 e. The van der Waals surface area contributed by atoms with Gasteiger partial charge >= 0.3 is 0 Å². The molecular weight excluding hydrogens is 325 g/mol. The van der Waals surface area contributed by atoms with Gasteiger partial charge in [0.2, 0.25) is 0 Å². The molecule has 2 unspecified atom stereocenters. The number of rotatable bonds is 4. The van der Waals surface area contributed by atoms with Crippen molar-refractivity contribution in [3.63, 3.8) is 0 Å². The normalized spacial score (nSPS) is 14.7. The molecule has 0 fully saturated rings. The minimum absolute atomic E-state index is 0.152. The zero-order valence-corrected chi connectivity index (χ0v) is 11.9. The van der Waals surface area contributed by atoms with Gasteiger partial charge in [-0.05, 0) is 36.4 Å². The lowest BCUT2D eigenvalue weighted by Crippen LogP contribution is -2.23. The van der Waals surface area contributed by atoms with Gasteiger partial charge in [0.05, 0.1) is 3.57 Å². The van der Waals surface area contributed by atoms with Gasteiger partial charge in [0.25, 0.3) is 0 Å². The van der Waals surface area contributed by atoms with Crippen molar-refractivity contribution in [3.8, 4) is 0 Å². The van der Waals surface area contributed by atoms with Gasteiger partial charge in [0, 0.05) is 35.0 Å². The third-order valence-corrected chi connectivity index (χ3v) is 3.49. The number of nitrogens with zero attached hydrogens (tertiary/aromatic N) is 2. The molecule has 0 aliphatic rings. The summed E-state index contributed by atoms with van der Waals surface area (Å²) < 4.78 is 12.0. The fourth-order valence-corrected chi connectivity index (χ4v) is 2.39. The van der Waals surface area contributed by atoms with Gasteiger partial charge in [-0.15, -0.1) is 0 Å². The summed E-state index contributed by atoms with van der Waals surface area (Å²) in [5.41, 5.74) is 0.